The zero-order chi connectivity index (χ0) is 22.3. The lowest BCUT2D eigenvalue weighted by Crippen LogP contribution is -2.40. The van der Waals surface area contributed by atoms with Gasteiger partial charge in [-0.15, -0.1) is 0 Å². The number of carbonyl (C=O) groups excluding carboxylic acids is 1. The highest BCUT2D eigenvalue weighted by Crippen LogP contribution is 2.30. The van der Waals surface area contributed by atoms with Gasteiger partial charge in [0.2, 0.25) is 10.0 Å². The summed E-state index contributed by atoms with van der Waals surface area (Å²) in [6, 6.07) is 4.02. The van der Waals surface area contributed by atoms with Crippen molar-refractivity contribution >= 4 is 27.7 Å². The molecule has 2 aromatic carbocycles. The van der Waals surface area contributed by atoms with Crippen LogP contribution in [0.4, 0.5) is 18.9 Å². The Bertz CT molecular complexity index is 1170. The first-order valence-electron chi connectivity index (χ1n) is 9.64. The molecule has 2 N–H and O–H groups in total. The Morgan fingerprint density at radius 3 is 2.35 bits per heavy atom. The summed E-state index contributed by atoms with van der Waals surface area (Å²) in [5.41, 5.74) is 0.857. The Hall–Kier alpha value is -2.69. The van der Waals surface area contributed by atoms with E-state index >= 15 is 0 Å². The van der Waals surface area contributed by atoms with Crippen molar-refractivity contribution < 1.29 is 31.5 Å². The number of aliphatic hydroxyl groups is 1. The van der Waals surface area contributed by atoms with Gasteiger partial charge >= 0.3 is 0 Å². The number of aliphatic hydroxyl groups excluding tert-OH is 1. The summed E-state index contributed by atoms with van der Waals surface area (Å²) < 4.78 is 67.6. The van der Waals surface area contributed by atoms with Crippen LogP contribution in [0.15, 0.2) is 35.2 Å². The predicted octanol–water partition coefficient (Wildman–Crippen LogP) is 3.07. The minimum Gasteiger partial charge on any atom is -0.393 e. The molecule has 0 unspecified atom stereocenters. The van der Waals surface area contributed by atoms with Crippen molar-refractivity contribution in [3.8, 4) is 0 Å². The second-order valence-electron chi connectivity index (χ2n) is 7.49. The van der Waals surface area contributed by atoms with E-state index in [1.807, 2.05) is 0 Å². The molecule has 0 radical (unpaired) electrons. The molecule has 2 aromatic rings. The highest BCUT2D eigenvalue weighted by molar-refractivity contribution is 7.89. The Labute approximate surface area is 177 Å². The van der Waals surface area contributed by atoms with Gasteiger partial charge < -0.3 is 10.4 Å². The molecule has 1 amide bonds. The van der Waals surface area contributed by atoms with Crippen molar-refractivity contribution in [2.45, 2.75) is 30.3 Å². The second-order valence-corrected chi connectivity index (χ2v) is 9.43. The van der Waals surface area contributed by atoms with Gasteiger partial charge in [0, 0.05) is 36.5 Å². The number of fused-ring (bicyclic) bond motifs is 1. The zero-order valence-electron chi connectivity index (χ0n) is 16.2. The van der Waals surface area contributed by atoms with Crippen LogP contribution in [0.25, 0.3) is 6.08 Å². The van der Waals surface area contributed by atoms with Crippen LogP contribution >= 0.6 is 0 Å². The van der Waals surface area contributed by atoms with E-state index in [-0.39, 0.29) is 29.2 Å². The number of hydrogen-bond donors (Lipinski definition) is 2. The lowest BCUT2D eigenvalue weighted by atomic mass is 10.0. The summed E-state index contributed by atoms with van der Waals surface area (Å²) in [7, 11) is -3.91. The molecule has 0 saturated carbocycles. The number of nitrogens with zero attached hydrogens (tertiary/aromatic N) is 1. The molecular formula is C21H19F3N2O4S. The van der Waals surface area contributed by atoms with E-state index in [1.165, 1.54) is 16.4 Å². The maximum atomic E-state index is 13.5. The molecule has 1 fully saturated rings. The molecule has 164 valence electrons. The number of benzene rings is 2. The molecule has 31 heavy (non-hydrogen) atoms. The number of sulfonamides is 1. The van der Waals surface area contributed by atoms with Gasteiger partial charge in [0.15, 0.2) is 17.5 Å². The van der Waals surface area contributed by atoms with Crippen molar-refractivity contribution in [3.63, 3.8) is 0 Å². The first-order chi connectivity index (χ1) is 14.7. The Morgan fingerprint density at radius 2 is 1.71 bits per heavy atom. The molecule has 0 atom stereocenters. The van der Waals surface area contributed by atoms with Crippen molar-refractivity contribution in [3.05, 3.63) is 64.5 Å². The summed E-state index contributed by atoms with van der Waals surface area (Å²) in [5, 5.41) is 11.9. The van der Waals surface area contributed by atoms with Crippen LogP contribution in [0.1, 0.15) is 34.3 Å². The van der Waals surface area contributed by atoms with Crippen molar-refractivity contribution in [2.75, 3.05) is 18.4 Å². The SMILES string of the molecule is O=C(Nc1cc(F)c(F)c(F)c1)c1cc(S(=O)(=O)N2CCC(O)CC2)cc2c1C=CC2. The maximum Gasteiger partial charge on any atom is 0.256 e. The smallest absolute Gasteiger partial charge is 0.256 e. The molecule has 0 spiro atoms. The minimum absolute atomic E-state index is 0.0204. The lowest BCUT2D eigenvalue weighted by molar-refractivity contribution is 0.102. The normalized spacial score (nSPS) is 17.0. The topological polar surface area (TPSA) is 86.7 Å². The fourth-order valence-corrected chi connectivity index (χ4v) is 5.30. The third-order valence-electron chi connectivity index (χ3n) is 5.41. The van der Waals surface area contributed by atoms with Gasteiger partial charge in [-0.1, -0.05) is 12.2 Å². The summed E-state index contributed by atoms with van der Waals surface area (Å²) >= 11 is 0. The van der Waals surface area contributed by atoms with Crippen molar-refractivity contribution in [2.24, 2.45) is 0 Å². The van der Waals surface area contributed by atoms with Crippen LogP contribution in [-0.2, 0) is 16.4 Å². The first-order valence-corrected chi connectivity index (χ1v) is 11.1. The number of rotatable bonds is 4. The Morgan fingerprint density at radius 1 is 1.06 bits per heavy atom. The lowest BCUT2D eigenvalue weighted by Gasteiger charge is -2.29. The molecule has 1 heterocycles. The molecule has 1 aliphatic carbocycles. The van der Waals surface area contributed by atoms with E-state index in [0.717, 1.165) is 0 Å². The summed E-state index contributed by atoms with van der Waals surface area (Å²) in [5.74, 6) is -5.34. The highest BCUT2D eigenvalue weighted by atomic mass is 32.2. The van der Waals surface area contributed by atoms with Gasteiger partial charge in [0.25, 0.3) is 5.91 Å². The third-order valence-corrected chi connectivity index (χ3v) is 7.29. The minimum atomic E-state index is -3.91. The van der Waals surface area contributed by atoms with E-state index in [4.69, 9.17) is 0 Å². The van der Waals surface area contributed by atoms with Gasteiger partial charge in [-0.2, -0.15) is 4.31 Å². The van der Waals surface area contributed by atoms with Gasteiger partial charge in [0.1, 0.15) is 0 Å². The summed E-state index contributed by atoms with van der Waals surface area (Å²) in [4.78, 5) is 12.8. The van der Waals surface area contributed by atoms with Gasteiger partial charge in [-0.05, 0) is 42.5 Å². The largest absolute Gasteiger partial charge is 0.393 e. The number of halogens is 3. The number of nitrogens with one attached hydrogen (secondary N) is 1. The van der Waals surface area contributed by atoms with Crippen LogP contribution < -0.4 is 5.32 Å². The van der Waals surface area contributed by atoms with E-state index in [1.54, 1.807) is 12.2 Å². The third kappa shape index (κ3) is 4.10. The monoisotopic (exact) mass is 452 g/mol. The fourth-order valence-electron chi connectivity index (χ4n) is 3.75. The molecule has 1 saturated heterocycles. The summed E-state index contributed by atoms with van der Waals surface area (Å²) in [6.07, 6.45) is 3.96. The average molecular weight is 452 g/mol. The molecule has 4 rings (SSSR count). The molecule has 6 nitrogen and oxygen atoms in total. The van der Waals surface area contributed by atoms with Crippen LogP contribution in [0, 0.1) is 17.5 Å². The Kier molecular flexibility index (Phi) is 5.63. The molecule has 1 aliphatic heterocycles. The first kappa shape index (κ1) is 21.5. The highest BCUT2D eigenvalue weighted by Gasteiger charge is 2.31. The van der Waals surface area contributed by atoms with E-state index in [0.29, 0.717) is 42.5 Å². The van der Waals surface area contributed by atoms with Crippen LogP contribution in [-0.4, -0.2) is 42.9 Å². The summed E-state index contributed by atoms with van der Waals surface area (Å²) in [6.45, 7) is 0.322. The number of amides is 1. The average Bonchev–Trinajstić information content (AvgIpc) is 3.20. The second kappa shape index (κ2) is 8.10. The van der Waals surface area contributed by atoms with Crippen LogP contribution in [0.5, 0.6) is 0 Å². The van der Waals surface area contributed by atoms with E-state index in [9.17, 15) is 31.5 Å². The van der Waals surface area contributed by atoms with Crippen LogP contribution in [0.2, 0.25) is 0 Å². The van der Waals surface area contributed by atoms with Crippen molar-refractivity contribution in [1.82, 2.24) is 4.31 Å². The number of allylic oxidation sites excluding steroid dienone is 1. The molecule has 0 aromatic heterocycles. The predicted molar refractivity (Wildman–Crippen MR) is 107 cm³/mol. The fraction of sp³-hybridized carbons (Fsp3) is 0.286. The zero-order valence-corrected chi connectivity index (χ0v) is 17.1. The number of carbonyl (C=O) groups is 1. The number of anilines is 1. The quantitative estimate of drug-likeness (QED) is 0.699. The molecule has 10 heteroatoms. The molecular weight excluding hydrogens is 433 g/mol. The number of piperidine rings is 1. The van der Waals surface area contributed by atoms with E-state index in [2.05, 4.69) is 5.32 Å². The standard InChI is InChI=1S/C21H19F3N2O4S/c22-18-9-13(10-19(23)20(18)24)25-21(28)17-11-15(8-12-2-1-3-16(12)17)31(29,30)26-6-4-14(27)5-7-26/h1,3,8-11,14,27H,2,4-7H2,(H,25,28). The van der Waals surface area contributed by atoms with Crippen LogP contribution in [0.3, 0.4) is 0 Å². The van der Waals surface area contributed by atoms with E-state index < -0.39 is 39.5 Å². The van der Waals surface area contributed by atoms with Crippen molar-refractivity contribution in [1.29, 1.82) is 0 Å². The molecule has 0 bridgehead atoms. The molecule has 2 aliphatic rings. The number of hydrogen-bond acceptors (Lipinski definition) is 4. The maximum absolute atomic E-state index is 13.5. The van der Waals surface area contributed by atoms with Gasteiger partial charge in [0.05, 0.1) is 11.0 Å². The Balaban J connectivity index is 1.69. The van der Waals surface area contributed by atoms with Gasteiger partial charge in [-0.25, -0.2) is 21.6 Å². The van der Waals surface area contributed by atoms with Gasteiger partial charge in [-0.3, -0.25) is 4.79 Å².